The van der Waals surface area contributed by atoms with Crippen molar-refractivity contribution in [3.63, 3.8) is 0 Å². The van der Waals surface area contributed by atoms with Gasteiger partial charge < -0.3 is 10.2 Å². The molecule has 0 bridgehead atoms. The number of likely N-dealkylation sites (tertiary alicyclic amines) is 1. The Kier molecular flexibility index (Phi) is 8.19. The lowest BCUT2D eigenvalue weighted by molar-refractivity contribution is 0.0402. The van der Waals surface area contributed by atoms with Gasteiger partial charge in [-0.05, 0) is 60.0 Å². The molecule has 2 aromatic rings. The number of amides is 2. The summed E-state index contributed by atoms with van der Waals surface area (Å²) in [5.41, 5.74) is 3.69. The Hall–Kier alpha value is -2.66. The van der Waals surface area contributed by atoms with Crippen molar-refractivity contribution in [2.75, 3.05) is 32.0 Å². The van der Waals surface area contributed by atoms with Gasteiger partial charge in [-0.1, -0.05) is 65.8 Å². The van der Waals surface area contributed by atoms with Gasteiger partial charge in [0.25, 0.3) is 11.8 Å². The third-order valence-electron chi connectivity index (χ3n) is 7.75. The number of fused-ring (bicyclic) bond motifs is 1. The zero-order valence-corrected chi connectivity index (χ0v) is 21.9. The maximum Gasteiger partial charge on any atom is 0.261 e. The van der Waals surface area contributed by atoms with E-state index in [-0.39, 0.29) is 29.2 Å². The summed E-state index contributed by atoms with van der Waals surface area (Å²) in [6.07, 6.45) is 1.05. The second-order valence-electron chi connectivity index (χ2n) is 10.00. The monoisotopic (exact) mass is 463 g/mol. The first kappa shape index (κ1) is 26.0. The fourth-order valence-corrected chi connectivity index (χ4v) is 5.31. The van der Waals surface area contributed by atoms with Crippen LogP contribution in [-0.2, 0) is 5.41 Å². The molecule has 1 N–H and O–H groups in total. The zero-order valence-electron chi connectivity index (χ0n) is 21.9. The van der Waals surface area contributed by atoms with Gasteiger partial charge in [0.15, 0.2) is 0 Å². The third-order valence-corrected chi connectivity index (χ3v) is 7.75. The fraction of sp³-hybridized carbons (Fsp3) is 0.517. The summed E-state index contributed by atoms with van der Waals surface area (Å²) in [5, 5.41) is 3.25. The molecule has 184 valence electrons. The van der Waals surface area contributed by atoms with Gasteiger partial charge in [-0.2, -0.15) is 0 Å². The average Bonchev–Trinajstić information content (AvgIpc) is 3.11. The molecule has 2 heterocycles. The molecule has 2 aliphatic heterocycles. The van der Waals surface area contributed by atoms with Crippen LogP contribution in [-0.4, -0.2) is 54.3 Å². The van der Waals surface area contributed by atoms with Crippen LogP contribution < -0.4 is 5.32 Å². The number of carbonyl (C=O) groups excluding carboxylic acids is 2. The van der Waals surface area contributed by atoms with Crippen LogP contribution in [0, 0.1) is 11.8 Å². The highest BCUT2D eigenvalue weighted by Crippen LogP contribution is 2.40. The molecule has 0 aliphatic carbocycles. The number of hydrogen-bond acceptors (Lipinski definition) is 4. The number of piperidine rings is 1. The first-order valence-electron chi connectivity index (χ1n) is 12.7. The number of benzene rings is 2. The van der Waals surface area contributed by atoms with Crippen molar-refractivity contribution < 1.29 is 9.59 Å². The lowest BCUT2D eigenvalue weighted by Gasteiger charge is -2.46. The average molecular weight is 464 g/mol. The molecule has 2 aromatic carbocycles. The van der Waals surface area contributed by atoms with Gasteiger partial charge in [-0.25, -0.2) is 0 Å². The van der Waals surface area contributed by atoms with Crippen LogP contribution in [0.1, 0.15) is 74.2 Å². The summed E-state index contributed by atoms with van der Waals surface area (Å²) in [4.78, 5) is 30.1. The maximum absolute atomic E-state index is 13.1. The van der Waals surface area contributed by atoms with Crippen LogP contribution in [0.4, 0.5) is 5.69 Å². The Morgan fingerprint density at radius 2 is 1.65 bits per heavy atom. The summed E-state index contributed by atoms with van der Waals surface area (Å²) in [5.74, 6) is 0.345. The van der Waals surface area contributed by atoms with Crippen molar-refractivity contribution in [1.29, 1.82) is 0 Å². The van der Waals surface area contributed by atoms with Crippen molar-refractivity contribution >= 4 is 17.5 Å². The second kappa shape index (κ2) is 10.7. The molecular weight excluding hydrogens is 422 g/mol. The fourth-order valence-electron chi connectivity index (χ4n) is 5.31. The van der Waals surface area contributed by atoms with Crippen LogP contribution >= 0.6 is 0 Å². The Labute approximate surface area is 205 Å². The number of imide groups is 1. The summed E-state index contributed by atoms with van der Waals surface area (Å²) in [7, 11) is 1.96. The SMILES string of the molecule is CC.CNc1cccc([C@]2(C)CCN(C[C@H](C(C)C)N3C(=O)c4ccccc4C3=O)C[C@@H]2C)c1. The van der Waals surface area contributed by atoms with E-state index >= 15 is 0 Å². The van der Waals surface area contributed by atoms with E-state index in [1.54, 1.807) is 12.1 Å². The van der Waals surface area contributed by atoms with E-state index in [9.17, 15) is 9.59 Å². The lowest BCUT2D eigenvalue weighted by atomic mass is 9.68. The van der Waals surface area contributed by atoms with Crippen molar-refractivity contribution in [1.82, 2.24) is 9.80 Å². The number of nitrogens with zero attached hydrogens (tertiary/aromatic N) is 2. The molecule has 5 nitrogen and oxygen atoms in total. The van der Waals surface area contributed by atoms with Gasteiger partial charge in [0.05, 0.1) is 17.2 Å². The first-order chi connectivity index (χ1) is 16.3. The molecule has 34 heavy (non-hydrogen) atoms. The number of nitrogens with one attached hydrogen (secondary N) is 1. The molecule has 1 fully saturated rings. The highest BCUT2D eigenvalue weighted by molar-refractivity contribution is 6.21. The summed E-state index contributed by atoms with van der Waals surface area (Å²) in [6.45, 7) is 15.5. The second-order valence-corrected chi connectivity index (χ2v) is 10.00. The van der Waals surface area contributed by atoms with Gasteiger partial charge in [-0.3, -0.25) is 14.5 Å². The Morgan fingerprint density at radius 1 is 1.03 bits per heavy atom. The zero-order chi connectivity index (χ0) is 25.0. The largest absolute Gasteiger partial charge is 0.388 e. The van der Waals surface area contributed by atoms with Crippen LogP contribution in [0.5, 0.6) is 0 Å². The molecule has 0 radical (unpaired) electrons. The van der Waals surface area contributed by atoms with Crippen LogP contribution in [0.25, 0.3) is 0 Å². The molecule has 1 saturated heterocycles. The predicted molar refractivity (Wildman–Crippen MR) is 140 cm³/mol. The standard InChI is InChI=1S/C27H35N3O2.C2H6/c1-18(2)24(30-25(31)22-11-6-7-12-23(22)26(30)32)17-29-14-13-27(4,19(3)16-29)20-9-8-10-21(15-20)28-5;1-2/h6-12,15,18-19,24,28H,13-14,16-17H2,1-5H3;1-2H3/t19-,24+,27+;/m0./s1. The number of hydrogen-bond donors (Lipinski definition) is 1. The van der Waals surface area contributed by atoms with Crippen molar-refractivity contribution in [3.05, 3.63) is 65.2 Å². The van der Waals surface area contributed by atoms with E-state index in [0.717, 1.165) is 31.7 Å². The molecule has 2 amide bonds. The minimum absolute atomic E-state index is 0.103. The molecule has 0 saturated carbocycles. The van der Waals surface area contributed by atoms with Crippen molar-refractivity contribution in [3.8, 4) is 0 Å². The highest BCUT2D eigenvalue weighted by Gasteiger charge is 2.43. The predicted octanol–water partition coefficient (Wildman–Crippen LogP) is 5.67. The van der Waals surface area contributed by atoms with Gasteiger partial charge in [0.1, 0.15) is 0 Å². The van der Waals surface area contributed by atoms with E-state index in [1.165, 1.54) is 10.5 Å². The molecule has 0 aromatic heterocycles. The lowest BCUT2D eigenvalue weighted by Crippen LogP contribution is -2.54. The van der Waals surface area contributed by atoms with E-state index < -0.39 is 0 Å². The van der Waals surface area contributed by atoms with E-state index in [2.05, 4.69) is 62.2 Å². The number of anilines is 1. The number of rotatable bonds is 6. The van der Waals surface area contributed by atoms with Gasteiger partial charge in [-0.15, -0.1) is 0 Å². The topological polar surface area (TPSA) is 52.6 Å². The van der Waals surface area contributed by atoms with Gasteiger partial charge in [0.2, 0.25) is 0 Å². The van der Waals surface area contributed by atoms with Crippen LogP contribution in [0.15, 0.2) is 48.5 Å². The van der Waals surface area contributed by atoms with E-state index in [4.69, 9.17) is 0 Å². The Morgan fingerprint density at radius 3 is 2.18 bits per heavy atom. The minimum atomic E-state index is -0.150. The molecule has 4 rings (SSSR count). The Bertz CT molecular complexity index is 983. The van der Waals surface area contributed by atoms with Crippen molar-refractivity contribution in [2.45, 2.75) is 59.4 Å². The van der Waals surface area contributed by atoms with Gasteiger partial charge >= 0.3 is 0 Å². The maximum atomic E-state index is 13.1. The summed E-state index contributed by atoms with van der Waals surface area (Å²) < 4.78 is 0. The van der Waals surface area contributed by atoms with Gasteiger partial charge in [0, 0.05) is 25.8 Å². The smallest absolute Gasteiger partial charge is 0.261 e. The molecular formula is C29H41N3O2. The summed E-state index contributed by atoms with van der Waals surface area (Å²) in [6, 6.07) is 15.8. The van der Waals surface area contributed by atoms with E-state index in [0.29, 0.717) is 17.0 Å². The molecule has 2 aliphatic rings. The molecule has 5 heteroatoms. The Balaban J connectivity index is 0.00000158. The highest BCUT2D eigenvalue weighted by atomic mass is 16.2. The van der Waals surface area contributed by atoms with Crippen LogP contribution in [0.2, 0.25) is 0 Å². The number of carbonyl (C=O) groups is 2. The van der Waals surface area contributed by atoms with Crippen molar-refractivity contribution in [2.24, 2.45) is 11.8 Å². The van der Waals surface area contributed by atoms with E-state index in [1.807, 2.05) is 33.0 Å². The quantitative estimate of drug-likeness (QED) is 0.561. The minimum Gasteiger partial charge on any atom is -0.388 e. The third kappa shape index (κ3) is 4.76. The molecule has 3 atom stereocenters. The molecule has 0 unspecified atom stereocenters. The molecule has 0 spiro atoms. The van der Waals surface area contributed by atoms with Crippen LogP contribution in [0.3, 0.4) is 0 Å². The normalized spacial score (nSPS) is 23.4. The summed E-state index contributed by atoms with van der Waals surface area (Å²) >= 11 is 0. The first-order valence-corrected chi connectivity index (χ1v) is 12.7.